The van der Waals surface area contributed by atoms with Crippen molar-refractivity contribution in [1.29, 1.82) is 0 Å². The Labute approximate surface area is 147 Å². The quantitative estimate of drug-likeness (QED) is 0.614. The van der Waals surface area contributed by atoms with Gasteiger partial charge in [0, 0.05) is 0 Å². The molecule has 2 aliphatic rings. The fourth-order valence-electron chi connectivity index (χ4n) is 3.30. The second kappa shape index (κ2) is 7.84. The molecule has 0 atom stereocenters. The van der Waals surface area contributed by atoms with Gasteiger partial charge < -0.3 is 0 Å². The van der Waals surface area contributed by atoms with Crippen molar-refractivity contribution in [3.63, 3.8) is 0 Å². The van der Waals surface area contributed by atoms with E-state index in [-0.39, 0.29) is 11.2 Å². The van der Waals surface area contributed by atoms with Gasteiger partial charge >= 0.3 is 147 Å². The van der Waals surface area contributed by atoms with Gasteiger partial charge in [-0.1, -0.05) is 0 Å². The van der Waals surface area contributed by atoms with E-state index in [2.05, 4.69) is 51.3 Å². The molecule has 2 aliphatic heterocycles. The van der Waals surface area contributed by atoms with Crippen molar-refractivity contribution in [2.75, 3.05) is 52.5 Å². The van der Waals surface area contributed by atoms with E-state index in [4.69, 9.17) is 12.3 Å². The van der Waals surface area contributed by atoms with Crippen molar-refractivity contribution < 1.29 is 12.3 Å². The van der Waals surface area contributed by atoms with Gasteiger partial charge in [0.05, 0.1) is 0 Å². The van der Waals surface area contributed by atoms with Gasteiger partial charge in [-0.2, -0.15) is 0 Å². The van der Waals surface area contributed by atoms with Gasteiger partial charge in [-0.25, -0.2) is 0 Å². The zero-order valence-electron chi connectivity index (χ0n) is 15.7. The van der Waals surface area contributed by atoms with Gasteiger partial charge in [-0.15, -0.1) is 0 Å². The maximum atomic E-state index is 6.46. The Balaban J connectivity index is 2.17. The minimum atomic E-state index is -4.03. The zero-order chi connectivity index (χ0) is 17.1. The summed E-state index contributed by atoms with van der Waals surface area (Å²) in [5.41, 5.74) is -0.654. The van der Waals surface area contributed by atoms with Crippen LogP contribution in [0.5, 0.6) is 0 Å². The third-order valence-electron chi connectivity index (χ3n) is 4.28. The van der Waals surface area contributed by atoms with Crippen molar-refractivity contribution >= 4 is 20.0 Å². The average molecular weight is 437 g/mol. The Hall–Kier alpha value is 0.559. The molecular weight excluding hydrogens is 403 g/mol. The van der Waals surface area contributed by atoms with E-state index in [1.165, 1.54) is 0 Å². The fraction of sp³-hybridized carbons (Fsp3) is 1.00. The summed E-state index contributed by atoms with van der Waals surface area (Å²) >= 11 is -4.03. The van der Waals surface area contributed by atoms with E-state index in [1.807, 2.05) is 0 Å². The molecule has 2 fully saturated rings. The maximum absolute atomic E-state index is 6.46. The molecule has 0 unspecified atom stereocenters. The molecule has 0 amide bonds. The van der Waals surface area contributed by atoms with Crippen LogP contribution in [-0.4, -0.2) is 93.5 Å². The first-order valence-corrected chi connectivity index (χ1v) is 13.5. The van der Waals surface area contributed by atoms with Crippen LogP contribution < -0.4 is 0 Å². The molecule has 0 aromatic carbocycles. The second-order valence-corrected chi connectivity index (χ2v) is 13.3. The van der Waals surface area contributed by atoms with Crippen LogP contribution in [0.1, 0.15) is 41.5 Å². The zero-order valence-corrected chi connectivity index (χ0v) is 18.5. The molecule has 23 heavy (non-hydrogen) atoms. The van der Waals surface area contributed by atoms with Crippen LogP contribution in [0.2, 0.25) is 0 Å². The summed E-state index contributed by atoms with van der Waals surface area (Å²) in [6, 6.07) is 0. The summed E-state index contributed by atoms with van der Waals surface area (Å²) in [6.45, 7) is 19.6. The Morgan fingerprint density at radius 1 is 0.783 bits per heavy atom. The van der Waals surface area contributed by atoms with Crippen LogP contribution in [0.15, 0.2) is 0 Å². The van der Waals surface area contributed by atoms with Gasteiger partial charge in [0.15, 0.2) is 0 Å². The Bertz CT molecular complexity index is 356. The van der Waals surface area contributed by atoms with Gasteiger partial charge in [0.1, 0.15) is 0 Å². The fourth-order valence-corrected chi connectivity index (χ4v) is 10.5. The number of rotatable bonds is 2. The first-order valence-electron chi connectivity index (χ1n) is 8.82. The van der Waals surface area contributed by atoms with Crippen molar-refractivity contribution in [1.82, 2.24) is 9.80 Å². The Kier molecular flexibility index (Phi) is 6.78. The number of likely N-dealkylation sites (N-methyl/N-ethyl adjacent to an activating group) is 2. The molecule has 0 aromatic rings. The van der Waals surface area contributed by atoms with Gasteiger partial charge in [-0.05, 0) is 0 Å². The molecule has 0 bridgehead atoms. The third kappa shape index (κ3) is 5.80. The molecule has 136 valence electrons. The van der Waals surface area contributed by atoms with Gasteiger partial charge in [0.25, 0.3) is 0 Å². The molecule has 0 radical (unpaired) electrons. The first-order chi connectivity index (χ1) is 10.7. The van der Waals surface area contributed by atoms with Gasteiger partial charge in [0.2, 0.25) is 0 Å². The SMILES string of the molecule is CCN1CC[O][Sn]2([O]CCN(CC)CC(C)(C)[O]2)[O]C(C)(C)C1. The first kappa shape index (κ1) is 19.9. The molecule has 2 saturated heterocycles. The molecule has 6 nitrogen and oxygen atoms in total. The van der Waals surface area contributed by atoms with E-state index < -0.39 is 20.0 Å². The molecule has 2 rings (SSSR count). The standard InChI is InChI=1S/2C8H17NO2.Sn/c2*1-4-9(5-6-10)7-8(2,3)11;/h2*4-7H2,1-3H3;/q2*-2;+4. The van der Waals surface area contributed by atoms with Crippen molar-refractivity contribution in [3.8, 4) is 0 Å². The monoisotopic (exact) mass is 438 g/mol. The summed E-state index contributed by atoms with van der Waals surface area (Å²) in [7, 11) is 0. The summed E-state index contributed by atoms with van der Waals surface area (Å²) < 4.78 is 25.3. The van der Waals surface area contributed by atoms with Crippen molar-refractivity contribution in [2.45, 2.75) is 52.7 Å². The van der Waals surface area contributed by atoms with Crippen LogP contribution in [0.3, 0.4) is 0 Å². The van der Waals surface area contributed by atoms with E-state index in [0.29, 0.717) is 13.2 Å². The van der Waals surface area contributed by atoms with Crippen molar-refractivity contribution in [3.05, 3.63) is 0 Å². The minimum absolute atomic E-state index is 0.327. The van der Waals surface area contributed by atoms with Crippen molar-refractivity contribution in [2.24, 2.45) is 0 Å². The third-order valence-corrected chi connectivity index (χ3v) is 12.0. The van der Waals surface area contributed by atoms with Crippen LogP contribution in [0, 0.1) is 0 Å². The average Bonchev–Trinajstić information content (AvgIpc) is 2.40. The normalized spacial score (nSPS) is 29.5. The van der Waals surface area contributed by atoms with E-state index >= 15 is 0 Å². The van der Waals surface area contributed by atoms with Gasteiger partial charge in [-0.3, -0.25) is 0 Å². The predicted octanol–water partition coefficient (Wildman–Crippen LogP) is 1.72. The summed E-state index contributed by atoms with van der Waals surface area (Å²) in [4.78, 5) is 4.71. The van der Waals surface area contributed by atoms with Crippen LogP contribution in [0.25, 0.3) is 0 Å². The van der Waals surface area contributed by atoms with E-state index in [9.17, 15) is 0 Å². The topological polar surface area (TPSA) is 43.4 Å². The predicted molar refractivity (Wildman–Crippen MR) is 92.2 cm³/mol. The molecule has 1 spiro atoms. The number of hydrogen-bond donors (Lipinski definition) is 0. The summed E-state index contributed by atoms with van der Waals surface area (Å²) in [6.07, 6.45) is 0. The molecule has 0 N–H and O–H groups in total. The molecule has 0 aliphatic carbocycles. The summed E-state index contributed by atoms with van der Waals surface area (Å²) in [5, 5.41) is 0. The molecular formula is C16H34N2O4Sn. The van der Waals surface area contributed by atoms with E-state index in [1.54, 1.807) is 0 Å². The molecule has 7 heteroatoms. The number of nitrogens with zero attached hydrogens (tertiary/aromatic N) is 2. The molecule has 2 heterocycles. The van der Waals surface area contributed by atoms with Crippen LogP contribution >= 0.6 is 0 Å². The van der Waals surface area contributed by atoms with Crippen LogP contribution in [0.4, 0.5) is 0 Å². The number of hydrogen-bond acceptors (Lipinski definition) is 6. The Morgan fingerprint density at radius 3 is 1.52 bits per heavy atom. The summed E-state index contributed by atoms with van der Waals surface area (Å²) in [5.74, 6) is 0. The van der Waals surface area contributed by atoms with Crippen LogP contribution in [-0.2, 0) is 12.3 Å². The Morgan fingerprint density at radius 2 is 1.17 bits per heavy atom. The van der Waals surface area contributed by atoms with E-state index in [0.717, 1.165) is 39.3 Å². The molecule has 0 aromatic heterocycles. The molecule has 0 saturated carbocycles. The second-order valence-electron chi connectivity index (χ2n) is 7.66.